The summed E-state index contributed by atoms with van der Waals surface area (Å²) in [6.07, 6.45) is 2.11. The van der Waals surface area contributed by atoms with Gasteiger partial charge in [0.2, 0.25) is 0 Å². The van der Waals surface area contributed by atoms with Gasteiger partial charge in [-0.1, -0.05) is 12.7 Å². The third kappa shape index (κ3) is 4.24. The first-order chi connectivity index (χ1) is 8.19. The van der Waals surface area contributed by atoms with E-state index in [2.05, 4.69) is 6.58 Å². The van der Waals surface area contributed by atoms with Gasteiger partial charge in [0.15, 0.2) is 0 Å². The van der Waals surface area contributed by atoms with Crippen LogP contribution in [0.25, 0.3) is 6.08 Å². The Morgan fingerprint density at radius 2 is 1.88 bits per heavy atom. The zero-order chi connectivity index (χ0) is 12.7. The summed E-state index contributed by atoms with van der Waals surface area (Å²) in [4.78, 5) is 0. The molecule has 0 aliphatic heterocycles. The zero-order valence-electron chi connectivity index (χ0n) is 9.59. The third-order valence-corrected chi connectivity index (χ3v) is 2.34. The second-order valence-electron chi connectivity index (χ2n) is 3.61. The van der Waals surface area contributed by atoms with E-state index < -0.39 is 11.6 Å². The molecule has 1 aromatic rings. The van der Waals surface area contributed by atoms with E-state index in [9.17, 15) is 8.78 Å². The summed E-state index contributed by atoms with van der Waals surface area (Å²) in [5.74, 6) is -1.16. The Morgan fingerprint density at radius 1 is 1.24 bits per heavy atom. The molecule has 1 rings (SSSR count). The average Bonchev–Trinajstić information content (AvgIpc) is 2.31. The fourth-order valence-corrected chi connectivity index (χ4v) is 1.42. The van der Waals surface area contributed by atoms with Gasteiger partial charge in [0.1, 0.15) is 11.6 Å². The molecule has 0 atom stereocenters. The van der Waals surface area contributed by atoms with Crippen molar-refractivity contribution in [1.29, 1.82) is 0 Å². The summed E-state index contributed by atoms with van der Waals surface area (Å²) in [7, 11) is 0. The highest BCUT2D eigenvalue weighted by Gasteiger charge is 2.09. The van der Waals surface area contributed by atoms with Crippen LogP contribution in [-0.4, -0.2) is 24.9 Å². The Hall–Kier alpha value is -1.26. The number of ether oxygens (including phenoxy) is 1. The molecule has 0 saturated carbocycles. The topological polar surface area (TPSA) is 29.5 Å². The second kappa shape index (κ2) is 7.14. The predicted molar refractivity (Wildman–Crippen MR) is 62.7 cm³/mol. The third-order valence-electron chi connectivity index (χ3n) is 2.34. The maximum Gasteiger partial charge on any atom is 0.130 e. The van der Waals surface area contributed by atoms with Crippen molar-refractivity contribution in [2.75, 3.05) is 19.8 Å². The van der Waals surface area contributed by atoms with Crippen LogP contribution in [0.4, 0.5) is 8.78 Å². The minimum Gasteiger partial charge on any atom is -0.396 e. The Kier molecular flexibility index (Phi) is 5.80. The minimum absolute atomic E-state index is 0.0274. The van der Waals surface area contributed by atoms with Gasteiger partial charge in [-0.3, -0.25) is 0 Å². The lowest BCUT2D eigenvalue weighted by Crippen LogP contribution is -2.05. The molecule has 0 aromatic heterocycles. The number of hydrogen-bond donors (Lipinski definition) is 1. The first kappa shape index (κ1) is 13.8. The van der Waals surface area contributed by atoms with E-state index in [-0.39, 0.29) is 25.2 Å². The van der Waals surface area contributed by atoms with Crippen molar-refractivity contribution in [3.05, 3.63) is 41.5 Å². The van der Waals surface area contributed by atoms with Crippen LogP contribution in [0, 0.1) is 11.6 Å². The molecule has 1 N–H and O–H groups in total. The summed E-state index contributed by atoms with van der Waals surface area (Å²) in [5, 5.41) is 8.52. The van der Waals surface area contributed by atoms with Gasteiger partial charge in [-0.25, -0.2) is 8.78 Å². The fraction of sp³-hybridized carbons (Fsp3) is 0.385. The summed E-state index contributed by atoms with van der Waals surface area (Å²) < 4.78 is 32.1. The van der Waals surface area contributed by atoms with Crippen molar-refractivity contribution >= 4 is 6.08 Å². The molecule has 0 heterocycles. The SMILES string of the molecule is C=Cc1cc(F)c(CCOCCCO)c(F)c1. The Labute approximate surface area is 99.5 Å². The molecule has 0 bridgehead atoms. The quantitative estimate of drug-likeness (QED) is 0.744. The molecule has 0 aliphatic carbocycles. The van der Waals surface area contributed by atoms with Gasteiger partial charge < -0.3 is 9.84 Å². The van der Waals surface area contributed by atoms with Crippen molar-refractivity contribution in [3.8, 4) is 0 Å². The van der Waals surface area contributed by atoms with Crippen molar-refractivity contribution < 1.29 is 18.6 Å². The maximum atomic E-state index is 13.5. The van der Waals surface area contributed by atoms with Crippen molar-refractivity contribution in [2.24, 2.45) is 0 Å². The molecule has 1 aromatic carbocycles. The first-order valence-electron chi connectivity index (χ1n) is 5.48. The average molecular weight is 242 g/mol. The molecule has 17 heavy (non-hydrogen) atoms. The molecular formula is C13H16F2O2. The molecule has 4 heteroatoms. The van der Waals surface area contributed by atoms with Crippen LogP contribution < -0.4 is 0 Å². The summed E-state index contributed by atoms with van der Waals surface area (Å²) >= 11 is 0. The van der Waals surface area contributed by atoms with Crippen LogP contribution in [0.15, 0.2) is 18.7 Å². The number of hydrogen-bond acceptors (Lipinski definition) is 2. The standard InChI is InChI=1S/C13H16F2O2/c1-2-10-8-12(14)11(13(15)9-10)4-7-17-6-3-5-16/h2,8-9,16H,1,3-7H2. The molecule has 0 saturated heterocycles. The summed E-state index contributed by atoms with van der Waals surface area (Å²) in [6, 6.07) is 2.50. The van der Waals surface area contributed by atoms with Crippen LogP contribution in [0.5, 0.6) is 0 Å². The molecule has 0 aliphatic rings. The summed E-state index contributed by atoms with van der Waals surface area (Å²) in [6.45, 7) is 4.14. The van der Waals surface area contributed by atoms with Crippen molar-refractivity contribution in [3.63, 3.8) is 0 Å². The van der Waals surface area contributed by atoms with Crippen molar-refractivity contribution in [1.82, 2.24) is 0 Å². The van der Waals surface area contributed by atoms with Crippen LogP contribution >= 0.6 is 0 Å². The lowest BCUT2D eigenvalue weighted by Gasteiger charge is -2.07. The van der Waals surface area contributed by atoms with E-state index in [1.165, 1.54) is 18.2 Å². The fourth-order valence-electron chi connectivity index (χ4n) is 1.42. The van der Waals surface area contributed by atoms with Gasteiger partial charge in [-0.05, 0) is 24.1 Å². The Morgan fingerprint density at radius 3 is 2.41 bits per heavy atom. The number of aliphatic hydroxyl groups excluding tert-OH is 1. The van der Waals surface area contributed by atoms with E-state index >= 15 is 0 Å². The number of halogens is 2. The molecule has 94 valence electrons. The van der Waals surface area contributed by atoms with Gasteiger partial charge in [0, 0.05) is 25.2 Å². The van der Waals surface area contributed by atoms with Crippen LogP contribution in [0.3, 0.4) is 0 Å². The van der Waals surface area contributed by atoms with Crippen LogP contribution in [0.2, 0.25) is 0 Å². The van der Waals surface area contributed by atoms with Crippen molar-refractivity contribution in [2.45, 2.75) is 12.8 Å². The number of aliphatic hydroxyl groups is 1. The lowest BCUT2D eigenvalue weighted by atomic mass is 10.1. The summed E-state index contributed by atoms with van der Waals surface area (Å²) in [5.41, 5.74) is 0.449. The largest absolute Gasteiger partial charge is 0.396 e. The van der Waals surface area contributed by atoms with Crippen LogP contribution in [0.1, 0.15) is 17.5 Å². The molecule has 0 unspecified atom stereocenters. The smallest absolute Gasteiger partial charge is 0.130 e. The highest BCUT2D eigenvalue weighted by atomic mass is 19.1. The Balaban J connectivity index is 2.56. The van der Waals surface area contributed by atoms with E-state index in [4.69, 9.17) is 9.84 Å². The van der Waals surface area contributed by atoms with Gasteiger partial charge in [-0.2, -0.15) is 0 Å². The predicted octanol–water partition coefficient (Wildman–Crippen LogP) is 2.55. The second-order valence-corrected chi connectivity index (χ2v) is 3.61. The number of benzene rings is 1. The first-order valence-corrected chi connectivity index (χ1v) is 5.48. The van der Waals surface area contributed by atoms with E-state index in [0.29, 0.717) is 18.6 Å². The van der Waals surface area contributed by atoms with E-state index in [1.807, 2.05) is 0 Å². The highest BCUT2D eigenvalue weighted by molar-refractivity contribution is 5.48. The van der Waals surface area contributed by atoms with Gasteiger partial charge in [-0.15, -0.1) is 0 Å². The van der Waals surface area contributed by atoms with Gasteiger partial charge >= 0.3 is 0 Å². The van der Waals surface area contributed by atoms with E-state index in [1.54, 1.807) is 0 Å². The molecule has 0 amide bonds. The zero-order valence-corrected chi connectivity index (χ0v) is 9.59. The molecule has 2 nitrogen and oxygen atoms in total. The molecule has 0 radical (unpaired) electrons. The highest BCUT2D eigenvalue weighted by Crippen LogP contribution is 2.16. The maximum absolute atomic E-state index is 13.5. The van der Waals surface area contributed by atoms with E-state index in [0.717, 1.165) is 0 Å². The molecule has 0 spiro atoms. The number of rotatable bonds is 7. The Bertz CT molecular complexity index is 355. The van der Waals surface area contributed by atoms with Gasteiger partial charge in [0.05, 0.1) is 6.61 Å². The normalized spacial score (nSPS) is 10.5. The van der Waals surface area contributed by atoms with Crippen LogP contribution in [-0.2, 0) is 11.2 Å². The van der Waals surface area contributed by atoms with Gasteiger partial charge in [0.25, 0.3) is 0 Å². The molecular weight excluding hydrogens is 226 g/mol. The molecule has 0 fully saturated rings. The monoisotopic (exact) mass is 242 g/mol. The lowest BCUT2D eigenvalue weighted by molar-refractivity contribution is 0.117. The minimum atomic E-state index is -0.578.